The molecule has 110 valence electrons. The van der Waals surface area contributed by atoms with Crippen LogP contribution in [0, 0.1) is 0 Å². The van der Waals surface area contributed by atoms with Gasteiger partial charge in [0.2, 0.25) is 0 Å². The van der Waals surface area contributed by atoms with Crippen LogP contribution < -0.4 is 5.32 Å². The van der Waals surface area contributed by atoms with Crippen LogP contribution in [0.5, 0.6) is 0 Å². The van der Waals surface area contributed by atoms with Gasteiger partial charge in [0.05, 0.1) is 22.8 Å². The Morgan fingerprint density at radius 1 is 1.50 bits per heavy atom. The Labute approximate surface area is 124 Å². The molecule has 1 aromatic rings. The molecule has 2 heterocycles. The van der Waals surface area contributed by atoms with E-state index in [0.717, 1.165) is 6.54 Å². The first-order valence-electron chi connectivity index (χ1n) is 6.85. The maximum absolute atomic E-state index is 12.5. The van der Waals surface area contributed by atoms with Crippen molar-refractivity contribution in [1.29, 1.82) is 0 Å². The van der Waals surface area contributed by atoms with E-state index >= 15 is 0 Å². The highest BCUT2D eigenvalue weighted by atomic mass is 35.5. The molecular formula is C14H20ClN3O2. The number of rotatable bonds is 3. The van der Waals surface area contributed by atoms with Crippen LogP contribution >= 0.6 is 11.6 Å². The minimum absolute atomic E-state index is 0.0483. The SMILES string of the molecule is CCNc1ncc(C(=O)N2C[C@@H](C)O[C@@H](C)C2)cc1Cl. The largest absolute Gasteiger partial charge is 0.372 e. The van der Waals surface area contributed by atoms with Crippen molar-refractivity contribution in [2.24, 2.45) is 0 Å². The van der Waals surface area contributed by atoms with Crippen LogP contribution in [0.3, 0.4) is 0 Å². The molecule has 1 saturated heterocycles. The first-order chi connectivity index (χ1) is 9.51. The van der Waals surface area contributed by atoms with Crippen LogP contribution in [0.25, 0.3) is 0 Å². The van der Waals surface area contributed by atoms with E-state index in [1.165, 1.54) is 0 Å². The highest BCUT2D eigenvalue weighted by Crippen LogP contribution is 2.21. The third kappa shape index (κ3) is 3.41. The van der Waals surface area contributed by atoms with E-state index in [0.29, 0.717) is 29.5 Å². The van der Waals surface area contributed by atoms with Gasteiger partial charge in [0.25, 0.3) is 5.91 Å². The number of ether oxygens (including phenoxy) is 1. The van der Waals surface area contributed by atoms with E-state index in [2.05, 4.69) is 10.3 Å². The fourth-order valence-corrected chi connectivity index (χ4v) is 2.61. The Balaban J connectivity index is 2.14. The summed E-state index contributed by atoms with van der Waals surface area (Å²) in [6, 6.07) is 1.67. The summed E-state index contributed by atoms with van der Waals surface area (Å²) in [6.07, 6.45) is 1.66. The van der Waals surface area contributed by atoms with Crippen molar-refractivity contribution >= 4 is 23.3 Å². The average molecular weight is 298 g/mol. The summed E-state index contributed by atoms with van der Waals surface area (Å²) >= 11 is 6.13. The van der Waals surface area contributed by atoms with Crippen LogP contribution in [0.15, 0.2) is 12.3 Å². The van der Waals surface area contributed by atoms with Crippen molar-refractivity contribution in [3.8, 4) is 0 Å². The highest BCUT2D eigenvalue weighted by molar-refractivity contribution is 6.33. The second-order valence-electron chi connectivity index (χ2n) is 5.05. The van der Waals surface area contributed by atoms with Crippen molar-refractivity contribution in [2.75, 3.05) is 25.0 Å². The Hall–Kier alpha value is -1.33. The number of nitrogens with one attached hydrogen (secondary N) is 1. The maximum atomic E-state index is 12.5. The number of carbonyl (C=O) groups excluding carboxylic acids is 1. The number of carbonyl (C=O) groups is 1. The molecule has 20 heavy (non-hydrogen) atoms. The molecule has 1 aromatic heterocycles. The van der Waals surface area contributed by atoms with E-state index in [1.807, 2.05) is 20.8 Å². The lowest BCUT2D eigenvalue weighted by Crippen LogP contribution is -2.48. The number of anilines is 1. The maximum Gasteiger partial charge on any atom is 0.255 e. The molecule has 0 aliphatic carbocycles. The predicted molar refractivity (Wildman–Crippen MR) is 79.3 cm³/mol. The number of morpholine rings is 1. The van der Waals surface area contributed by atoms with Gasteiger partial charge < -0.3 is 15.0 Å². The third-order valence-corrected chi connectivity index (χ3v) is 3.43. The van der Waals surface area contributed by atoms with Gasteiger partial charge in [-0.1, -0.05) is 11.6 Å². The van der Waals surface area contributed by atoms with Gasteiger partial charge in [-0.15, -0.1) is 0 Å². The molecule has 1 aliphatic rings. The van der Waals surface area contributed by atoms with E-state index < -0.39 is 0 Å². The summed E-state index contributed by atoms with van der Waals surface area (Å²) in [5.74, 6) is 0.555. The fraction of sp³-hybridized carbons (Fsp3) is 0.571. The average Bonchev–Trinajstić information content (AvgIpc) is 2.39. The van der Waals surface area contributed by atoms with E-state index in [-0.39, 0.29) is 18.1 Å². The topological polar surface area (TPSA) is 54.5 Å². The summed E-state index contributed by atoms with van der Waals surface area (Å²) in [6.45, 7) is 7.82. The van der Waals surface area contributed by atoms with Gasteiger partial charge in [-0.3, -0.25) is 4.79 Å². The zero-order valence-corrected chi connectivity index (χ0v) is 12.8. The summed E-state index contributed by atoms with van der Waals surface area (Å²) in [4.78, 5) is 18.5. The first kappa shape index (κ1) is 15.1. The van der Waals surface area contributed by atoms with Gasteiger partial charge >= 0.3 is 0 Å². The van der Waals surface area contributed by atoms with Crippen LogP contribution in [0.2, 0.25) is 5.02 Å². The standard InChI is InChI=1S/C14H20ClN3O2/c1-4-16-13-12(15)5-11(6-17-13)14(19)18-7-9(2)20-10(3)8-18/h5-6,9-10H,4,7-8H2,1-3H3,(H,16,17)/t9-,10+. The summed E-state index contributed by atoms with van der Waals surface area (Å²) < 4.78 is 5.63. The Morgan fingerprint density at radius 2 is 2.15 bits per heavy atom. The van der Waals surface area contributed by atoms with Crippen molar-refractivity contribution in [1.82, 2.24) is 9.88 Å². The number of hydrogen-bond donors (Lipinski definition) is 1. The zero-order valence-electron chi connectivity index (χ0n) is 12.0. The molecule has 0 aromatic carbocycles. The van der Waals surface area contributed by atoms with E-state index in [1.54, 1.807) is 17.2 Å². The fourth-order valence-electron chi connectivity index (χ4n) is 2.38. The smallest absolute Gasteiger partial charge is 0.255 e. The van der Waals surface area contributed by atoms with Crippen molar-refractivity contribution in [3.05, 3.63) is 22.8 Å². The van der Waals surface area contributed by atoms with Gasteiger partial charge in [-0.05, 0) is 26.8 Å². The third-order valence-electron chi connectivity index (χ3n) is 3.14. The molecular weight excluding hydrogens is 278 g/mol. The lowest BCUT2D eigenvalue weighted by atomic mass is 10.2. The number of amides is 1. The lowest BCUT2D eigenvalue weighted by Gasteiger charge is -2.35. The summed E-state index contributed by atoms with van der Waals surface area (Å²) in [5, 5.41) is 3.51. The van der Waals surface area contributed by atoms with Gasteiger partial charge in [0, 0.05) is 25.8 Å². The first-order valence-corrected chi connectivity index (χ1v) is 7.23. The molecule has 1 fully saturated rings. The van der Waals surface area contributed by atoms with Gasteiger partial charge in [0.15, 0.2) is 0 Å². The molecule has 0 bridgehead atoms. The molecule has 1 amide bonds. The number of hydrogen-bond acceptors (Lipinski definition) is 4. The monoisotopic (exact) mass is 297 g/mol. The Bertz CT molecular complexity index is 485. The lowest BCUT2D eigenvalue weighted by molar-refractivity contribution is -0.0586. The number of halogens is 1. The van der Waals surface area contributed by atoms with Gasteiger partial charge in [0.1, 0.15) is 5.82 Å². The van der Waals surface area contributed by atoms with Gasteiger partial charge in [-0.25, -0.2) is 4.98 Å². The molecule has 0 radical (unpaired) electrons. The quantitative estimate of drug-likeness (QED) is 0.931. The Morgan fingerprint density at radius 3 is 2.70 bits per heavy atom. The molecule has 0 saturated carbocycles. The second kappa shape index (κ2) is 6.41. The van der Waals surface area contributed by atoms with Crippen molar-refractivity contribution in [3.63, 3.8) is 0 Å². The Kier molecular flexibility index (Phi) is 4.83. The van der Waals surface area contributed by atoms with Crippen molar-refractivity contribution < 1.29 is 9.53 Å². The van der Waals surface area contributed by atoms with Gasteiger partial charge in [-0.2, -0.15) is 0 Å². The molecule has 2 atom stereocenters. The molecule has 0 unspecified atom stereocenters. The molecule has 6 heteroatoms. The number of aromatic nitrogens is 1. The molecule has 2 rings (SSSR count). The predicted octanol–water partition coefficient (Wildman–Crippen LogP) is 2.42. The minimum atomic E-state index is -0.0514. The molecule has 1 N–H and O–H groups in total. The van der Waals surface area contributed by atoms with Crippen molar-refractivity contribution in [2.45, 2.75) is 33.0 Å². The van der Waals surface area contributed by atoms with E-state index in [4.69, 9.17) is 16.3 Å². The minimum Gasteiger partial charge on any atom is -0.372 e. The molecule has 5 nitrogen and oxygen atoms in total. The van der Waals surface area contributed by atoms with Crippen LogP contribution in [-0.4, -0.2) is 47.6 Å². The molecule has 0 spiro atoms. The molecule has 1 aliphatic heterocycles. The number of nitrogens with zero attached hydrogens (tertiary/aromatic N) is 2. The summed E-state index contributed by atoms with van der Waals surface area (Å²) in [5.41, 5.74) is 0.512. The number of pyridine rings is 1. The van der Waals surface area contributed by atoms with Crippen LogP contribution in [0.1, 0.15) is 31.1 Å². The van der Waals surface area contributed by atoms with E-state index in [9.17, 15) is 4.79 Å². The normalized spacial score (nSPS) is 22.7. The summed E-state index contributed by atoms with van der Waals surface area (Å²) in [7, 11) is 0. The van der Waals surface area contributed by atoms with Crippen LogP contribution in [-0.2, 0) is 4.74 Å². The second-order valence-corrected chi connectivity index (χ2v) is 5.46. The van der Waals surface area contributed by atoms with Crippen LogP contribution in [0.4, 0.5) is 5.82 Å². The highest BCUT2D eigenvalue weighted by Gasteiger charge is 2.27. The zero-order chi connectivity index (χ0) is 14.7.